The number of aromatic nitrogens is 2. The average Bonchev–Trinajstić information content (AvgIpc) is 2.23. The van der Waals surface area contributed by atoms with Crippen molar-refractivity contribution in [3.05, 3.63) is 11.4 Å². The predicted octanol–water partition coefficient (Wildman–Crippen LogP) is 0.776. The van der Waals surface area contributed by atoms with Gasteiger partial charge in [-0.15, -0.1) is 0 Å². The summed E-state index contributed by atoms with van der Waals surface area (Å²) in [6, 6.07) is 0. The predicted molar refractivity (Wildman–Crippen MR) is 67.6 cm³/mol. The summed E-state index contributed by atoms with van der Waals surface area (Å²) in [5.74, 6) is 0.265. The first-order valence-corrected chi connectivity index (χ1v) is 5.48. The van der Waals surface area contributed by atoms with Crippen LogP contribution in [0.4, 0.5) is 0 Å². The normalized spacial score (nSPS) is 9.73. The van der Waals surface area contributed by atoms with Crippen LogP contribution in [0.2, 0.25) is 0 Å². The van der Waals surface area contributed by atoms with E-state index in [1.54, 1.807) is 0 Å². The maximum absolute atomic E-state index is 5.74. The maximum atomic E-state index is 5.74. The molecule has 0 saturated heterocycles. The minimum atomic E-state index is 0.265. The molecule has 0 unspecified atom stereocenters. The number of rotatable bonds is 2. The zero-order valence-corrected chi connectivity index (χ0v) is 10.3. The van der Waals surface area contributed by atoms with Crippen molar-refractivity contribution in [2.24, 2.45) is 0 Å². The molecule has 78 valence electrons. The monoisotopic (exact) mass is 200 g/mol. The van der Waals surface area contributed by atoms with Gasteiger partial charge >= 0.3 is 0 Å². The molecule has 0 aliphatic carbocycles. The Kier molecular flexibility index (Phi) is 6.30. The molecule has 0 atom stereocenters. The van der Waals surface area contributed by atoms with Crippen LogP contribution in [-0.4, -0.2) is 25.7 Å². The fourth-order valence-corrected chi connectivity index (χ4v) is 1.20. The SMILES string of the molecule is CC.[B]c1nc(C(C)C)c([B])nc1CC. The minimum absolute atomic E-state index is 0.265. The fourth-order valence-electron chi connectivity index (χ4n) is 1.20. The van der Waals surface area contributed by atoms with Crippen molar-refractivity contribution in [1.82, 2.24) is 9.97 Å². The van der Waals surface area contributed by atoms with Crippen LogP contribution >= 0.6 is 0 Å². The van der Waals surface area contributed by atoms with Gasteiger partial charge in [0.15, 0.2) is 0 Å². The summed E-state index contributed by atoms with van der Waals surface area (Å²) in [4.78, 5) is 8.44. The summed E-state index contributed by atoms with van der Waals surface area (Å²) in [6.07, 6.45) is 0.765. The van der Waals surface area contributed by atoms with Gasteiger partial charge < -0.3 is 0 Å². The Hall–Kier alpha value is -0.790. The highest BCUT2D eigenvalue weighted by atomic mass is 14.8. The third kappa shape index (κ3) is 3.69. The second-order valence-electron chi connectivity index (χ2n) is 3.33. The molecule has 0 aromatic carbocycles. The second kappa shape index (κ2) is 6.65. The zero-order chi connectivity index (χ0) is 12.0. The molecule has 4 radical (unpaired) electrons. The number of aryl methyl sites for hydroxylation is 1. The molecule has 0 bridgehead atoms. The second-order valence-corrected chi connectivity index (χ2v) is 3.33. The maximum Gasteiger partial charge on any atom is 0.144 e. The molecular formula is C11H18B2N2. The van der Waals surface area contributed by atoms with E-state index in [1.165, 1.54) is 0 Å². The summed E-state index contributed by atoms with van der Waals surface area (Å²) in [5.41, 5.74) is 2.57. The van der Waals surface area contributed by atoms with E-state index < -0.39 is 0 Å². The topological polar surface area (TPSA) is 25.8 Å². The Balaban J connectivity index is 0.000000921. The quantitative estimate of drug-likeness (QED) is 0.659. The summed E-state index contributed by atoms with van der Waals surface area (Å²) < 4.78 is 0. The van der Waals surface area contributed by atoms with E-state index in [4.69, 9.17) is 15.7 Å². The van der Waals surface area contributed by atoms with Crippen molar-refractivity contribution in [3.8, 4) is 0 Å². The van der Waals surface area contributed by atoms with Crippen molar-refractivity contribution in [2.45, 2.75) is 47.0 Å². The van der Waals surface area contributed by atoms with Gasteiger partial charge in [-0.25, -0.2) is 0 Å². The van der Waals surface area contributed by atoms with E-state index in [1.807, 2.05) is 34.6 Å². The van der Waals surface area contributed by atoms with Crippen molar-refractivity contribution in [1.29, 1.82) is 0 Å². The van der Waals surface area contributed by atoms with Gasteiger partial charge in [0.2, 0.25) is 0 Å². The van der Waals surface area contributed by atoms with E-state index >= 15 is 0 Å². The van der Waals surface area contributed by atoms with Gasteiger partial charge in [-0.3, -0.25) is 9.97 Å². The van der Waals surface area contributed by atoms with Crippen LogP contribution in [0.25, 0.3) is 0 Å². The third-order valence-corrected chi connectivity index (χ3v) is 1.94. The van der Waals surface area contributed by atoms with Crippen LogP contribution < -0.4 is 11.2 Å². The number of hydrogen-bond acceptors (Lipinski definition) is 2. The van der Waals surface area contributed by atoms with Gasteiger partial charge in [-0.1, -0.05) is 34.6 Å². The molecule has 2 nitrogen and oxygen atoms in total. The Morgan fingerprint density at radius 2 is 1.60 bits per heavy atom. The standard InChI is InChI=1S/C9H12B2N2.C2H6/c1-4-6-8(10)13-7(5(2)3)9(11)12-6;1-2/h5H,4H2,1-3H3;1-2H3. The first kappa shape index (κ1) is 14.2. The van der Waals surface area contributed by atoms with Gasteiger partial charge in [-0.05, 0) is 12.3 Å². The molecule has 1 aromatic rings. The molecule has 0 aliphatic rings. The number of hydrogen-bond donors (Lipinski definition) is 0. The molecule has 0 aliphatic heterocycles. The van der Waals surface area contributed by atoms with Crippen LogP contribution in [-0.2, 0) is 6.42 Å². The fraction of sp³-hybridized carbons (Fsp3) is 0.636. The molecule has 0 fully saturated rings. The highest BCUT2D eigenvalue weighted by Gasteiger charge is 2.08. The molecular weight excluding hydrogens is 182 g/mol. The van der Waals surface area contributed by atoms with Crippen molar-refractivity contribution >= 4 is 26.9 Å². The summed E-state index contributed by atoms with van der Waals surface area (Å²) >= 11 is 0. The lowest BCUT2D eigenvalue weighted by atomic mass is 9.91. The zero-order valence-electron chi connectivity index (χ0n) is 10.3. The van der Waals surface area contributed by atoms with E-state index in [2.05, 4.69) is 9.97 Å². The Morgan fingerprint density at radius 3 is 2.00 bits per heavy atom. The van der Waals surface area contributed by atoms with Gasteiger partial charge in [0.1, 0.15) is 15.7 Å². The minimum Gasteiger partial charge on any atom is -0.267 e. The van der Waals surface area contributed by atoms with E-state index in [-0.39, 0.29) is 5.92 Å². The van der Waals surface area contributed by atoms with Crippen LogP contribution in [0.15, 0.2) is 0 Å². The molecule has 0 saturated carbocycles. The smallest absolute Gasteiger partial charge is 0.144 e. The van der Waals surface area contributed by atoms with E-state index in [0.717, 1.165) is 17.8 Å². The molecule has 0 amide bonds. The lowest BCUT2D eigenvalue weighted by Gasteiger charge is -2.12. The molecule has 4 heteroatoms. The molecule has 0 spiro atoms. The van der Waals surface area contributed by atoms with Crippen LogP contribution in [0.3, 0.4) is 0 Å². The molecule has 15 heavy (non-hydrogen) atoms. The first-order valence-electron chi connectivity index (χ1n) is 5.48. The lowest BCUT2D eigenvalue weighted by Crippen LogP contribution is -2.29. The summed E-state index contributed by atoms with van der Waals surface area (Å²) in [6.45, 7) is 10.0. The van der Waals surface area contributed by atoms with Crippen molar-refractivity contribution in [2.75, 3.05) is 0 Å². The molecule has 1 aromatic heterocycles. The van der Waals surface area contributed by atoms with Crippen LogP contribution in [0.5, 0.6) is 0 Å². The van der Waals surface area contributed by atoms with Gasteiger partial charge in [0.05, 0.1) is 5.69 Å². The Labute approximate surface area is 95.7 Å². The van der Waals surface area contributed by atoms with Gasteiger partial charge in [0, 0.05) is 16.9 Å². The Morgan fingerprint density at radius 1 is 1.07 bits per heavy atom. The lowest BCUT2D eigenvalue weighted by molar-refractivity contribution is 0.822. The van der Waals surface area contributed by atoms with Crippen molar-refractivity contribution in [3.63, 3.8) is 0 Å². The average molecular weight is 200 g/mol. The Bertz CT molecular complexity index is 312. The molecule has 1 heterocycles. The van der Waals surface area contributed by atoms with Crippen molar-refractivity contribution < 1.29 is 0 Å². The van der Waals surface area contributed by atoms with Crippen LogP contribution in [0.1, 0.15) is 51.9 Å². The molecule has 1 rings (SSSR count). The van der Waals surface area contributed by atoms with E-state index in [0.29, 0.717) is 11.2 Å². The summed E-state index contributed by atoms with van der Waals surface area (Å²) in [7, 11) is 11.4. The largest absolute Gasteiger partial charge is 0.267 e. The van der Waals surface area contributed by atoms with Crippen LogP contribution in [0, 0.1) is 0 Å². The van der Waals surface area contributed by atoms with E-state index in [9.17, 15) is 0 Å². The number of nitrogens with zero attached hydrogens (tertiary/aromatic N) is 2. The highest BCUT2D eigenvalue weighted by Crippen LogP contribution is 2.05. The van der Waals surface area contributed by atoms with Gasteiger partial charge in [-0.2, -0.15) is 0 Å². The first-order chi connectivity index (χ1) is 7.06. The van der Waals surface area contributed by atoms with Gasteiger partial charge in [0.25, 0.3) is 0 Å². The molecule has 0 N–H and O–H groups in total. The summed E-state index contributed by atoms with van der Waals surface area (Å²) in [5, 5.41) is 0. The third-order valence-electron chi connectivity index (χ3n) is 1.94. The highest BCUT2D eigenvalue weighted by molar-refractivity contribution is 6.34.